The van der Waals surface area contributed by atoms with Crippen molar-refractivity contribution < 1.29 is 4.39 Å². The van der Waals surface area contributed by atoms with Gasteiger partial charge in [-0.15, -0.1) is 0 Å². The molecule has 88 valence electrons. The number of rotatable bonds is 3. The first-order valence-electron chi connectivity index (χ1n) is 5.08. The van der Waals surface area contributed by atoms with Crippen LogP contribution in [0.25, 0.3) is 0 Å². The molecule has 1 N–H and O–H groups in total. The number of anilines is 1. The van der Waals surface area contributed by atoms with Gasteiger partial charge in [-0.2, -0.15) is 0 Å². The molecular weight excluding hydrogens is 260 g/mol. The molecule has 0 aliphatic carbocycles. The fourth-order valence-corrected chi connectivity index (χ4v) is 1.94. The predicted molar refractivity (Wildman–Crippen MR) is 70.2 cm³/mol. The van der Waals surface area contributed by atoms with Gasteiger partial charge in [-0.3, -0.25) is 0 Å². The average Bonchev–Trinajstić information content (AvgIpc) is 2.25. The minimum absolute atomic E-state index is 0.355. The molecule has 0 atom stereocenters. The largest absolute Gasteiger partial charge is 0.381 e. The first-order chi connectivity index (χ1) is 8.13. The molecule has 0 amide bonds. The summed E-state index contributed by atoms with van der Waals surface area (Å²) in [7, 11) is 0. The van der Waals surface area contributed by atoms with Crippen LogP contribution in [0.5, 0.6) is 0 Å². The molecule has 17 heavy (non-hydrogen) atoms. The third kappa shape index (κ3) is 3.62. The molecule has 4 heteroatoms. The van der Waals surface area contributed by atoms with E-state index < -0.39 is 0 Å². The topological polar surface area (TPSA) is 12.0 Å². The molecule has 0 bridgehead atoms. The summed E-state index contributed by atoms with van der Waals surface area (Å²) in [4.78, 5) is 0. The van der Waals surface area contributed by atoms with Crippen LogP contribution in [0.2, 0.25) is 10.0 Å². The van der Waals surface area contributed by atoms with Crippen LogP contribution in [0.3, 0.4) is 0 Å². The first-order valence-corrected chi connectivity index (χ1v) is 5.83. The molecule has 0 spiro atoms. The van der Waals surface area contributed by atoms with E-state index in [1.54, 1.807) is 6.07 Å². The summed E-state index contributed by atoms with van der Waals surface area (Å²) < 4.78 is 13.1. The Kier molecular flexibility index (Phi) is 3.87. The van der Waals surface area contributed by atoms with Crippen LogP contribution >= 0.6 is 23.2 Å². The SMILES string of the molecule is Fc1cc(Cl)cc(NCc2cccc(Cl)c2)c1. The normalized spacial score (nSPS) is 10.3. The molecule has 0 radical (unpaired) electrons. The van der Waals surface area contributed by atoms with Crippen LogP contribution in [0.1, 0.15) is 5.56 Å². The molecule has 2 rings (SSSR count). The van der Waals surface area contributed by atoms with Crippen molar-refractivity contribution in [2.45, 2.75) is 6.54 Å². The summed E-state index contributed by atoms with van der Waals surface area (Å²) in [5.41, 5.74) is 1.67. The Balaban J connectivity index is 2.07. The highest BCUT2D eigenvalue weighted by molar-refractivity contribution is 6.31. The highest BCUT2D eigenvalue weighted by Gasteiger charge is 1.99. The Bertz CT molecular complexity index is 508. The number of hydrogen-bond acceptors (Lipinski definition) is 1. The van der Waals surface area contributed by atoms with Gasteiger partial charge in [-0.1, -0.05) is 35.3 Å². The molecular formula is C13H10Cl2FN. The monoisotopic (exact) mass is 269 g/mol. The zero-order chi connectivity index (χ0) is 12.3. The lowest BCUT2D eigenvalue weighted by Gasteiger charge is -2.07. The lowest BCUT2D eigenvalue weighted by Crippen LogP contribution is -1.99. The molecule has 0 fully saturated rings. The van der Waals surface area contributed by atoms with E-state index in [0.29, 0.717) is 22.3 Å². The molecule has 0 saturated carbocycles. The Morgan fingerprint density at radius 3 is 2.53 bits per heavy atom. The quantitative estimate of drug-likeness (QED) is 0.849. The van der Waals surface area contributed by atoms with Crippen molar-refractivity contribution in [2.75, 3.05) is 5.32 Å². The Labute approximate surface area is 109 Å². The van der Waals surface area contributed by atoms with Gasteiger partial charge < -0.3 is 5.32 Å². The van der Waals surface area contributed by atoms with Crippen molar-refractivity contribution in [3.8, 4) is 0 Å². The van der Waals surface area contributed by atoms with Gasteiger partial charge in [0.1, 0.15) is 5.82 Å². The lowest BCUT2D eigenvalue weighted by molar-refractivity contribution is 0.628. The van der Waals surface area contributed by atoms with Gasteiger partial charge in [0, 0.05) is 22.3 Å². The maximum Gasteiger partial charge on any atom is 0.126 e. The molecule has 2 aromatic rings. The third-order valence-corrected chi connectivity index (χ3v) is 2.70. The van der Waals surface area contributed by atoms with Crippen molar-refractivity contribution in [1.29, 1.82) is 0 Å². The van der Waals surface area contributed by atoms with Crippen LogP contribution in [-0.2, 0) is 6.54 Å². The Morgan fingerprint density at radius 1 is 1.00 bits per heavy atom. The summed E-state index contributed by atoms with van der Waals surface area (Å²) in [6.45, 7) is 0.570. The van der Waals surface area contributed by atoms with Gasteiger partial charge in [0.15, 0.2) is 0 Å². The van der Waals surface area contributed by atoms with E-state index >= 15 is 0 Å². The number of nitrogens with one attached hydrogen (secondary N) is 1. The van der Waals surface area contributed by atoms with Crippen LogP contribution in [0.15, 0.2) is 42.5 Å². The summed E-state index contributed by atoms with van der Waals surface area (Å²) in [6, 6.07) is 11.8. The number of halogens is 3. The predicted octanol–water partition coefficient (Wildman–Crippen LogP) is 4.74. The van der Waals surface area contributed by atoms with E-state index in [4.69, 9.17) is 23.2 Å². The zero-order valence-electron chi connectivity index (χ0n) is 8.88. The zero-order valence-corrected chi connectivity index (χ0v) is 10.4. The highest BCUT2D eigenvalue weighted by atomic mass is 35.5. The Hall–Kier alpha value is -1.25. The molecule has 0 aliphatic rings. The second kappa shape index (κ2) is 5.39. The van der Waals surface area contributed by atoms with E-state index in [1.165, 1.54) is 12.1 Å². The average molecular weight is 270 g/mol. The third-order valence-electron chi connectivity index (χ3n) is 2.25. The van der Waals surface area contributed by atoms with Crippen molar-refractivity contribution >= 4 is 28.9 Å². The van der Waals surface area contributed by atoms with Crippen molar-refractivity contribution in [3.05, 3.63) is 63.9 Å². The maximum atomic E-state index is 13.1. The summed E-state index contributed by atoms with van der Waals surface area (Å²) >= 11 is 11.6. The summed E-state index contributed by atoms with van der Waals surface area (Å²) in [5, 5.41) is 4.14. The van der Waals surface area contributed by atoms with E-state index in [1.807, 2.05) is 24.3 Å². The Morgan fingerprint density at radius 2 is 1.82 bits per heavy atom. The molecule has 0 heterocycles. The summed E-state index contributed by atoms with van der Waals surface area (Å²) in [5.74, 6) is -0.355. The molecule has 0 aliphatic heterocycles. The van der Waals surface area contributed by atoms with E-state index in [-0.39, 0.29) is 5.82 Å². The fourth-order valence-electron chi connectivity index (χ4n) is 1.51. The fraction of sp³-hybridized carbons (Fsp3) is 0.0769. The summed E-state index contributed by atoms with van der Waals surface area (Å²) in [6.07, 6.45) is 0. The molecule has 2 aromatic carbocycles. The maximum absolute atomic E-state index is 13.1. The second-order valence-corrected chi connectivity index (χ2v) is 4.51. The van der Waals surface area contributed by atoms with E-state index in [9.17, 15) is 4.39 Å². The van der Waals surface area contributed by atoms with Gasteiger partial charge in [-0.05, 0) is 35.9 Å². The van der Waals surface area contributed by atoms with Crippen LogP contribution in [0, 0.1) is 5.82 Å². The molecule has 0 saturated heterocycles. The first kappa shape index (κ1) is 12.2. The minimum Gasteiger partial charge on any atom is -0.381 e. The minimum atomic E-state index is -0.355. The van der Waals surface area contributed by atoms with Crippen LogP contribution in [-0.4, -0.2) is 0 Å². The number of hydrogen-bond donors (Lipinski definition) is 1. The number of benzene rings is 2. The standard InChI is InChI=1S/C13H10Cl2FN/c14-10-3-1-2-9(4-10)8-17-13-6-11(15)5-12(16)7-13/h1-7,17H,8H2. The molecule has 0 unspecified atom stereocenters. The van der Waals surface area contributed by atoms with Crippen LogP contribution in [0.4, 0.5) is 10.1 Å². The van der Waals surface area contributed by atoms with Gasteiger partial charge in [0.05, 0.1) is 0 Å². The van der Waals surface area contributed by atoms with Gasteiger partial charge in [0.2, 0.25) is 0 Å². The lowest BCUT2D eigenvalue weighted by atomic mass is 10.2. The van der Waals surface area contributed by atoms with Crippen LogP contribution < -0.4 is 5.32 Å². The van der Waals surface area contributed by atoms with Crippen molar-refractivity contribution in [1.82, 2.24) is 0 Å². The molecule has 0 aromatic heterocycles. The van der Waals surface area contributed by atoms with Crippen molar-refractivity contribution in [3.63, 3.8) is 0 Å². The highest BCUT2D eigenvalue weighted by Crippen LogP contribution is 2.19. The second-order valence-electron chi connectivity index (χ2n) is 3.64. The van der Waals surface area contributed by atoms with E-state index in [0.717, 1.165) is 5.56 Å². The van der Waals surface area contributed by atoms with Gasteiger partial charge >= 0.3 is 0 Å². The van der Waals surface area contributed by atoms with Gasteiger partial charge in [-0.25, -0.2) is 4.39 Å². The molecule has 1 nitrogen and oxygen atoms in total. The van der Waals surface area contributed by atoms with Crippen molar-refractivity contribution in [2.24, 2.45) is 0 Å². The smallest absolute Gasteiger partial charge is 0.126 e. The van der Waals surface area contributed by atoms with E-state index in [2.05, 4.69) is 5.32 Å². The van der Waals surface area contributed by atoms with Gasteiger partial charge in [0.25, 0.3) is 0 Å².